The van der Waals surface area contributed by atoms with Crippen LogP contribution in [0.2, 0.25) is 0 Å². The lowest BCUT2D eigenvalue weighted by Gasteiger charge is -2.05. The van der Waals surface area contributed by atoms with Gasteiger partial charge in [0.1, 0.15) is 0 Å². The summed E-state index contributed by atoms with van der Waals surface area (Å²) in [6.07, 6.45) is 3.42. The van der Waals surface area contributed by atoms with E-state index >= 15 is 0 Å². The van der Waals surface area contributed by atoms with Gasteiger partial charge in [-0.3, -0.25) is 18.9 Å². The normalized spacial score (nSPS) is 12.5. The number of H-pyrrole nitrogens is 1. The summed E-state index contributed by atoms with van der Waals surface area (Å²) in [6.45, 7) is 2.52. The Hall–Kier alpha value is -1.34. The quantitative estimate of drug-likeness (QED) is 0.849. The Labute approximate surface area is 113 Å². The van der Waals surface area contributed by atoms with Crippen molar-refractivity contribution in [3.63, 3.8) is 0 Å². The van der Waals surface area contributed by atoms with E-state index < -0.39 is 10.8 Å². The minimum absolute atomic E-state index is 0.551. The molecule has 0 bridgehead atoms. The summed E-state index contributed by atoms with van der Waals surface area (Å²) in [5.41, 5.74) is 0.944. The van der Waals surface area contributed by atoms with E-state index in [2.05, 4.69) is 15.2 Å². The zero-order chi connectivity index (χ0) is 13.0. The zero-order valence-electron chi connectivity index (χ0n) is 10.00. The highest BCUT2D eigenvalue weighted by atomic mass is 32.2. The predicted molar refractivity (Wildman–Crippen MR) is 74.2 cm³/mol. The van der Waals surface area contributed by atoms with Gasteiger partial charge in [-0.05, 0) is 24.4 Å². The number of rotatable bonds is 5. The zero-order valence-corrected chi connectivity index (χ0v) is 11.6. The van der Waals surface area contributed by atoms with Gasteiger partial charge in [-0.15, -0.1) is 0 Å². The lowest BCUT2D eigenvalue weighted by Crippen LogP contribution is -2.10. The molecule has 0 aliphatic heterocycles. The van der Waals surface area contributed by atoms with Crippen molar-refractivity contribution in [1.29, 1.82) is 0 Å². The van der Waals surface area contributed by atoms with Crippen molar-refractivity contribution in [2.75, 3.05) is 11.5 Å². The van der Waals surface area contributed by atoms with Crippen LogP contribution in [-0.4, -0.2) is 35.5 Å². The van der Waals surface area contributed by atoms with Gasteiger partial charge in [-0.1, -0.05) is 6.92 Å². The number of hydrogen-bond donors (Lipinski definition) is 1. The first-order valence-electron chi connectivity index (χ1n) is 5.63. The fraction of sp³-hybridized carbons (Fsp3) is 0.364. The lowest BCUT2D eigenvalue weighted by atomic mass is 10.2. The first kappa shape index (κ1) is 13.1. The summed E-state index contributed by atoms with van der Waals surface area (Å²) in [5, 5.41) is 6.98. The molecule has 0 fully saturated rings. The summed E-state index contributed by atoms with van der Waals surface area (Å²) in [4.78, 5) is 3.97. The van der Waals surface area contributed by atoms with Crippen molar-refractivity contribution in [2.24, 2.45) is 0 Å². The van der Waals surface area contributed by atoms with Crippen LogP contribution in [0.15, 0.2) is 24.5 Å². The molecule has 2 heterocycles. The molecule has 0 radical (unpaired) electrons. The van der Waals surface area contributed by atoms with E-state index in [0.29, 0.717) is 22.8 Å². The maximum Gasteiger partial charge on any atom is 0.195 e. The molecule has 18 heavy (non-hydrogen) atoms. The average Bonchev–Trinajstić information content (AvgIpc) is 2.78. The van der Waals surface area contributed by atoms with Crippen LogP contribution >= 0.6 is 12.2 Å². The van der Waals surface area contributed by atoms with E-state index in [4.69, 9.17) is 12.2 Å². The predicted octanol–water partition coefficient (Wildman–Crippen LogP) is 1.77. The molecule has 5 nitrogen and oxygen atoms in total. The van der Waals surface area contributed by atoms with Gasteiger partial charge in [-0.2, -0.15) is 5.10 Å². The fourth-order valence-corrected chi connectivity index (χ4v) is 2.48. The van der Waals surface area contributed by atoms with E-state index in [-0.39, 0.29) is 0 Å². The third-order valence-corrected chi connectivity index (χ3v) is 4.15. The van der Waals surface area contributed by atoms with Crippen LogP contribution in [0.1, 0.15) is 6.92 Å². The second-order valence-electron chi connectivity index (χ2n) is 3.67. The Morgan fingerprint density at radius 2 is 2.17 bits per heavy atom. The Kier molecular flexibility index (Phi) is 4.38. The minimum atomic E-state index is -0.806. The number of hydrogen-bond acceptors (Lipinski definition) is 4. The monoisotopic (exact) mass is 282 g/mol. The summed E-state index contributed by atoms with van der Waals surface area (Å²) in [7, 11) is -0.806. The van der Waals surface area contributed by atoms with Gasteiger partial charge in [-0.25, -0.2) is 0 Å². The van der Waals surface area contributed by atoms with E-state index in [9.17, 15) is 4.21 Å². The smallest absolute Gasteiger partial charge is 0.195 e. The largest absolute Gasteiger partial charge is 0.299 e. The van der Waals surface area contributed by atoms with Crippen molar-refractivity contribution in [2.45, 2.75) is 13.5 Å². The van der Waals surface area contributed by atoms with Crippen molar-refractivity contribution >= 4 is 23.0 Å². The molecule has 0 aromatic carbocycles. The van der Waals surface area contributed by atoms with Crippen molar-refractivity contribution in [3.8, 4) is 11.4 Å². The third kappa shape index (κ3) is 2.91. The van der Waals surface area contributed by atoms with Gasteiger partial charge in [0.05, 0.1) is 0 Å². The van der Waals surface area contributed by atoms with Gasteiger partial charge in [0, 0.05) is 46.8 Å². The van der Waals surface area contributed by atoms with Crippen LogP contribution in [0.3, 0.4) is 0 Å². The van der Waals surface area contributed by atoms with Crippen LogP contribution in [-0.2, 0) is 17.3 Å². The fourth-order valence-electron chi connectivity index (χ4n) is 1.58. The molecule has 1 unspecified atom stereocenters. The molecule has 0 spiro atoms. The Bertz CT molecular complexity index is 591. The average molecular weight is 282 g/mol. The molecule has 0 aliphatic rings. The van der Waals surface area contributed by atoms with Gasteiger partial charge < -0.3 is 0 Å². The van der Waals surface area contributed by atoms with Crippen molar-refractivity contribution in [1.82, 2.24) is 19.7 Å². The Morgan fingerprint density at radius 3 is 2.83 bits per heavy atom. The minimum Gasteiger partial charge on any atom is -0.299 e. The van der Waals surface area contributed by atoms with Crippen molar-refractivity contribution in [3.05, 3.63) is 29.3 Å². The number of aromatic amines is 1. The molecule has 2 aromatic heterocycles. The first-order valence-corrected chi connectivity index (χ1v) is 7.52. The van der Waals surface area contributed by atoms with Gasteiger partial charge in [0.2, 0.25) is 0 Å². The molecule has 1 atom stereocenters. The third-order valence-electron chi connectivity index (χ3n) is 2.56. The molecule has 0 saturated heterocycles. The van der Waals surface area contributed by atoms with Crippen LogP contribution in [0.4, 0.5) is 0 Å². The summed E-state index contributed by atoms with van der Waals surface area (Å²) in [6, 6.07) is 3.75. The van der Waals surface area contributed by atoms with E-state index in [1.54, 1.807) is 12.4 Å². The summed E-state index contributed by atoms with van der Waals surface area (Å²) in [5.74, 6) is 2.01. The molecule has 1 N–H and O–H groups in total. The van der Waals surface area contributed by atoms with E-state index in [1.807, 2.05) is 23.6 Å². The number of pyridine rings is 1. The Balaban J connectivity index is 2.28. The highest BCUT2D eigenvalue weighted by molar-refractivity contribution is 7.84. The maximum absolute atomic E-state index is 11.5. The van der Waals surface area contributed by atoms with Crippen LogP contribution < -0.4 is 0 Å². The molecular formula is C11H14N4OS2. The van der Waals surface area contributed by atoms with Gasteiger partial charge in [0.15, 0.2) is 10.6 Å². The number of nitrogens with one attached hydrogen (secondary N) is 1. The van der Waals surface area contributed by atoms with Gasteiger partial charge in [0.25, 0.3) is 0 Å². The van der Waals surface area contributed by atoms with Crippen LogP contribution in [0.25, 0.3) is 11.4 Å². The number of aromatic nitrogens is 4. The molecule has 2 rings (SSSR count). The second-order valence-corrected chi connectivity index (χ2v) is 5.92. The molecule has 2 aromatic rings. The topological polar surface area (TPSA) is 63.6 Å². The highest BCUT2D eigenvalue weighted by Gasteiger charge is 2.09. The molecule has 0 amide bonds. The highest BCUT2D eigenvalue weighted by Crippen LogP contribution is 2.15. The number of nitrogens with zero attached hydrogens (tertiary/aromatic N) is 3. The van der Waals surface area contributed by atoms with Crippen LogP contribution in [0.5, 0.6) is 0 Å². The SMILES string of the molecule is CCS(=O)CCn1c(-c2ccncc2)n[nH]c1=S. The van der Waals surface area contributed by atoms with Gasteiger partial charge >= 0.3 is 0 Å². The molecule has 0 aliphatic carbocycles. The first-order chi connectivity index (χ1) is 8.72. The molecular weight excluding hydrogens is 268 g/mol. The van der Waals surface area contributed by atoms with Crippen molar-refractivity contribution < 1.29 is 4.21 Å². The standard InChI is InChI=1S/C11H14N4OS2/c1-2-18(16)8-7-15-10(13-14-11(15)17)9-3-5-12-6-4-9/h3-6H,2,7-8H2,1H3,(H,14,17). The molecule has 0 saturated carbocycles. The Morgan fingerprint density at radius 1 is 1.44 bits per heavy atom. The van der Waals surface area contributed by atoms with E-state index in [0.717, 1.165) is 11.4 Å². The maximum atomic E-state index is 11.5. The summed E-state index contributed by atoms with van der Waals surface area (Å²) < 4.78 is 13.9. The molecule has 7 heteroatoms. The van der Waals surface area contributed by atoms with E-state index in [1.165, 1.54) is 0 Å². The second kappa shape index (κ2) is 6.01. The van der Waals surface area contributed by atoms with Crippen LogP contribution in [0, 0.1) is 4.77 Å². The summed E-state index contributed by atoms with van der Waals surface area (Å²) >= 11 is 5.19. The molecule has 96 valence electrons. The lowest BCUT2D eigenvalue weighted by molar-refractivity contribution is 0.673.